The van der Waals surface area contributed by atoms with Crippen LogP contribution in [0, 0.1) is 0 Å². The third kappa shape index (κ3) is 3.62. The predicted molar refractivity (Wildman–Crippen MR) is 92.6 cm³/mol. The van der Waals surface area contributed by atoms with Gasteiger partial charge in [0.1, 0.15) is 0 Å². The van der Waals surface area contributed by atoms with Crippen LogP contribution >= 0.6 is 22.6 Å². The Morgan fingerprint density at radius 3 is 2.42 bits per heavy atom. The lowest BCUT2D eigenvalue weighted by Gasteiger charge is -2.22. The summed E-state index contributed by atoms with van der Waals surface area (Å²) in [5.74, 6) is 0. The van der Waals surface area contributed by atoms with Gasteiger partial charge < -0.3 is 9.80 Å². The summed E-state index contributed by atoms with van der Waals surface area (Å²) < 4.78 is 1.28. The zero-order valence-electron chi connectivity index (χ0n) is 11.6. The summed E-state index contributed by atoms with van der Waals surface area (Å²) in [6.45, 7) is 0.978. The minimum atomic E-state index is 0.978. The molecule has 100 valence electrons. The van der Waals surface area contributed by atoms with Crippen LogP contribution in [0.25, 0.3) is 6.08 Å². The van der Waals surface area contributed by atoms with Crippen LogP contribution in [0.2, 0.25) is 0 Å². The Morgan fingerprint density at radius 2 is 1.84 bits per heavy atom. The zero-order valence-corrected chi connectivity index (χ0v) is 13.8. The monoisotopic (exact) mass is 366 g/mol. The Hall–Kier alpha value is -1.23. The van der Waals surface area contributed by atoms with E-state index in [1.807, 2.05) is 0 Å². The Labute approximate surface area is 129 Å². The molecule has 0 spiro atoms. The van der Waals surface area contributed by atoms with Crippen molar-refractivity contribution in [2.24, 2.45) is 0 Å². The first-order valence-electron chi connectivity index (χ1n) is 6.31. The van der Waals surface area contributed by atoms with Crippen molar-refractivity contribution in [2.75, 3.05) is 32.6 Å². The van der Waals surface area contributed by atoms with Gasteiger partial charge in [-0.1, -0.05) is 24.3 Å². The third-order valence-corrected chi connectivity index (χ3v) is 4.05. The highest BCUT2D eigenvalue weighted by atomic mass is 127. The Balaban J connectivity index is 2.16. The Morgan fingerprint density at radius 1 is 1.16 bits per heavy atom. The first-order chi connectivity index (χ1) is 9.08. The van der Waals surface area contributed by atoms with Gasteiger partial charge in [-0.3, -0.25) is 0 Å². The molecule has 0 fully saturated rings. The second-order valence-corrected chi connectivity index (χ2v) is 6.00. The molecule has 0 saturated carbocycles. The summed E-state index contributed by atoms with van der Waals surface area (Å²) in [5.41, 5.74) is 3.73. The molecule has 1 aliphatic heterocycles. The molecule has 19 heavy (non-hydrogen) atoms. The maximum absolute atomic E-state index is 2.38. The second kappa shape index (κ2) is 6.28. The SMILES string of the molecule is CN1CC=CC(I)=C1C=Cc1ccc(N(C)C)cc1. The number of anilines is 1. The summed E-state index contributed by atoms with van der Waals surface area (Å²) in [6.07, 6.45) is 8.72. The van der Waals surface area contributed by atoms with Gasteiger partial charge >= 0.3 is 0 Å². The second-order valence-electron chi connectivity index (χ2n) is 4.84. The molecule has 0 aliphatic carbocycles. The highest BCUT2D eigenvalue weighted by molar-refractivity contribution is 14.1. The number of likely N-dealkylation sites (N-methyl/N-ethyl adjacent to an activating group) is 1. The molecular weight excluding hydrogens is 347 g/mol. The van der Waals surface area contributed by atoms with Crippen LogP contribution in [0.5, 0.6) is 0 Å². The maximum Gasteiger partial charge on any atom is 0.0502 e. The van der Waals surface area contributed by atoms with E-state index in [-0.39, 0.29) is 0 Å². The summed E-state index contributed by atoms with van der Waals surface area (Å²) in [5, 5.41) is 0. The van der Waals surface area contributed by atoms with E-state index in [4.69, 9.17) is 0 Å². The van der Waals surface area contributed by atoms with Gasteiger partial charge in [-0.05, 0) is 52.4 Å². The van der Waals surface area contributed by atoms with Gasteiger partial charge in [0.2, 0.25) is 0 Å². The minimum absolute atomic E-state index is 0.978. The molecule has 1 aromatic carbocycles. The lowest BCUT2D eigenvalue weighted by atomic mass is 10.1. The van der Waals surface area contributed by atoms with E-state index in [1.165, 1.54) is 20.5 Å². The number of allylic oxidation sites excluding steroid dienone is 3. The minimum Gasteiger partial charge on any atom is -0.378 e. The molecular formula is C16H19IN2. The summed E-state index contributed by atoms with van der Waals surface area (Å²) >= 11 is 2.38. The number of hydrogen-bond acceptors (Lipinski definition) is 2. The van der Waals surface area contributed by atoms with E-state index in [2.05, 4.69) is 102 Å². The van der Waals surface area contributed by atoms with Gasteiger partial charge in [-0.25, -0.2) is 0 Å². The Kier molecular flexibility index (Phi) is 4.69. The maximum atomic E-state index is 2.38. The molecule has 0 amide bonds. The lowest BCUT2D eigenvalue weighted by Crippen LogP contribution is -2.19. The molecule has 0 unspecified atom stereocenters. The number of nitrogens with zero attached hydrogens (tertiary/aromatic N) is 2. The van der Waals surface area contributed by atoms with E-state index in [0.29, 0.717) is 0 Å². The van der Waals surface area contributed by atoms with Crippen LogP contribution in [0.3, 0.4) is 0 Å². The molecule has 2 rings (SSSR count). The van der Waals surface area contributed by atoms with E-state index in [1.54, 1.807) is 0 Å². The number of hydrogen-bond donors (Lipinski definition) is 0. The standard InChI is InChI=1S/C16H19IN2/c1-18(2)14-9-6-13(7-10-14)8-11-16-15(17)5-4-12-19(16)3/h4-11H,12H2,1-3H3. The number of halogens is 1. The summed E-state index contributed by atoms with van der Waals surface area (Å²) in [6, 6.07) is 8.59. The molecule has 1 heterocycles. The van der Waals surface area contributed by atoms with Crippen LogP contribution in [-0.4, -0.2) is 32.6 Å². The van der Waals surface area contributed by atoms with E-state index < -0.39 is 0 Å². The fraction of sp³-hybridized carbons (Fsp3) is 0.250. The number of rotatable bonds is 3. The molecule has 0 bridgehead atoms. The normalized spacial score (nSPS) is 15.5. The van der Waals surface area contributed by atoms with Crippen LogP contribution < -0.4 is 4.90 Å². The first kappa shape index (κ1) is 14.2. The van der Waals surface area contributed by atoms with Crippen molar-refractivity contribution in [3.05, 3.63) is 57.3 Å². The highest BCUT2D eigenvalue weighted by Crippen LogP contribution is 2.23. The third-order valence-electron chi connectivity index (χ3n) is 3.14. The van der Waals surface area contributed by atoms with Crippen LogP contribution in [-0.2, 0) is 0 Å². The van der Waals surface area contributed by atoms with Crippen LogP contribution in [0.4, 0.5) is 5.69 Å². The largest absolute Gasteiger partial charge is 0.378 e. The smallest absolute Gasteiger partial charge is 0.0502 e. The van der Waals surface area contributed by atoms with Crippen LogP contribution in [0.1, 0.15) is 5.56 Å². The van der Waals surface area contributed by atoms with Gasteiger partial charge in [0.25, 0.3) is 0 Å². The molecule has 1 aliphatic rings. The molecule has 3 heteroatoms. The fourth-order valence-electron chi connectivity index (χ4n) is 1.95. The van der Waals surface area contributed by atoms with Crippen molar-refractivity contribution in [1.82, 2.24) is 4.90 Å². The average molecular weight is 366 g/mol. The van der Waals surface area contributed by atoms with Crippen molar-refractivity contribution >= 4 is 34.4 Å². The zero-order chi connectivity index (χ0) is 13.8. The van der Waals surface area contributed by atoms with Gasteiger partial charge in [-0.2, -0.15) is 0 Å². The summed E-state index contributed by atoms with van der Waals surface area (Å²) in [7, 11) is 6.24. The fourth-order valence-corrected chi connectivity index (χ4v) is 2.79. The van der Waals surface area contributed by atoms with E-state index >= 15 is 0 Å². The van der Waals surface area contributed by atoms with Crippen molar-refractivity contribution in [3.8, 4) is 0 Å². The van der Waals surface area contributed by atoms with Crippen molar-refractivity contribution in [3.63, 3.8) is 0 Å². The van der Waals surface area contributed by atoms with Gasteiger partial charge in [0.15, 0.2) is 0 Å². The first-order valence-corrected chi connectivity index (χ1v) is 7.39. The van der Waals surface area contributed by atoms with Gasteiger partial charge in [0.05, 0.1) is 5.70 Å². The van der Waals surface area contributed by atoms with Gasteiger partial charge in [-0.15, -0.1) is 0 Å². The van der Waals surface area contributed by atoms with Crippen molar-refractivity contribution in [1.29, 1.82) is 0 Å². The quantitative estimate of drug-likeness (QED) is 0.749. The molecule has 0 saturated heterocycles. The van der Waals surface area contributed by atoms with E-state index in [9.17, 15) is 0 Å². The highest BCUT2D eigenvalue weighted by Gasteiger charge is 2.07. The molecule has 2 nitrogen and oxygen atoms in total. The molecule has 1 aromatic rings. The lowest BCUT2D eigenvalue weighted by molar-refractivity contribution is 0.474. The predicted octanol–water partition coefficient (Wildman–Crippen LogP) is 3.91. The Bertz CT molecular complexity index is 524. The molecule has 0 aromatic heterocycles. The average Bonchev–Trinajstić information content (AvgIpc) is 2.38. The van der Waals surface area contributed by atoms with E-state index in [0.717, 1.165) is 6.54 Å². The topological polar surface area (TPSA) is 6.48 Å². The molecule has 0 N–H and O–H groups in total. The van der Waals surface area contributed by atoms with Gasteiger partial charge in [0, 0.05) is 37.0 Å². The van der Waals surface area contributed by atoms with Crippen molar-refractivity contribution < 1.29 is 0 Å². The van der Waals surface area contributed by atoms with Crippen LogP contribution in [0.15, 0.2) is 51.8 Å². The molecule has 0 atom stereocenters. The summed E-state index contributed by atoms with van der Waals surface area (Å²) in [4.78, 5) is 4.37. The molecule has 0 radical (unpaired) electrons. The van der Waals surface area contributed by atoms with Crippen molar-refractivity contribution in [2.45, 2.75) is 0 Å². The number of benzene rings is 1.